The second-order valence-corrected chi connectivity index (χ2v) is 22.7. The summed E-state index contributed by atoms with van der Waals surface area (Å²) in [5.41, 5.74) is 0.912. The van der Waals surface area contributed by atoms with Gasteiger partial charge in [0.25, 0.3) is 0 Å². The van der Waals surface area contributed by atoms with E-state index in [9.17, 15) is 8.42 Å². The van der Waals surface area contributed by atoms with Crippen LogP contribution in [0.1, 0.15) is 0 Å². The van der Waals surface area contributed by atoms with Crippen LogP contribution in [-0.4, -0.2) is 37.6 Å². The van der Waals surface area contributed by atoms with Gasteiger partial charge in [0, 0.05) is 0 Å². The van der Waals surface area contributed by atoms with Gasteiger partial charge in [-0.15, -0.1) is 0 Å². The van der Waals surface area contributed by atoms with E-state index in [1.165, 1.54) is 9.84 Å². The molecular weight excluding hydrogens is 379 g/mol. The molecule has 1 aromatic heterocycles. The predicted molar refractivity (Wildman–Crippen MR) is 83.0 cm³/mol. The molecule has 0 radical (unpaired) electrons. The Balaban J connectivity index is 2.69. The third-order valence-electron chi connectivity index (χ3n) is 3.25. The minimum absolute atomic E-state index is 0.410. The molecule has 0 aliphatic carbocycles. The maximum atomic E-state index is 11.9. The molecule has 0 bridgehead atoms. The molecular formula is C14H21N2O2SSn+. The third-order valence-corrected chi connectivity index (χ3v) is 10.1. The Morgan fingerprint density at radius 2 is 1.80 bits per heavy atom. The molecule has 0 aliphatic rings. The molecule has 1 heterocycles. The molecule has 0 aliphatic heterocycles. The van der Waals surface area contributed by atoms with E-state index in [1.54, 1.807) is 6.07 Å². The standard InChI is InChI=1S/C11H12N2O2S.3CH3.Sn/c1-12-6-7-13(9-12)10-4-3-5-11(8-10)16(2,14)15;;;;/h4-9H,1-2H3;3*1H3;/q+1;;;;. The summed E-state index contributed by atoms with van der Waals surface area (Å²) in [5, 5.41) is 0. The van der Waals surface area contributed by atoms with Crippen molar-refractivity contribution in [1.29, 1.82) is 0 Å². The van der Waals surface area contributed by atoms with E-state index in [-0.39, 0.29) is 0 Å². The van der Waals surface area contributed by atoms with Crippen molar-refractivity contribution in [2.24, 2.45) is 7.05 Å². The number of aromatic nitrogens is 2. The summed E-state index contributed by atoms with van der Waals surface area (Å²) in [5.74, 6) is 0. The zero-order chi connectivity index (χ0) is 15.1. The molecule has 0 unspecified atom stereocenters. The van der Waals surface area contributed by atoms with E-state index in [0.717, 1.165) is 5.69 Å². The van der Waals surface area contributed by atoms with Gasteiger partial charge in [-0.25, -0.2) is 0 Å². The van der Waals surface area contributed by atoms with Crippen molar-refractivity contribution in [1.82, 2.24) is 4.57 Å². The van der Waals surface area contributed by atoms with Gasteiger partial charge >= 0.3 is 125 Å². The molecule has 108 valence electrons. The number of sulfone groups is 1. The predicted octanol–water partition coefficient (Wildman–Crippen LogP) is 1.25. The summed E-state index contributed by atoms with van der Waals surface area (Å²) in [6.45, 7) is 0. The Kier molecular flexibility index (Phi) is 4.03. The van der Waals surface area contributed by atoms with Crippen molar-refractivity contribution in [3.8, 4) is 5.69 Å². The van der Waals surface area contributed by atoms with E-state index < -0.39 is 28.2 Å². The van der Waals surface area contributed by atoms with Crippen molar-refractivity contribution in [2.45, 2.75) is 19.7 Å². The molecule has 0 N–H and O–H groups in total. The van der Waals surface area contributed by atoms with Crippen LogP contribution in [0.2, 0.25) is 14.8 Å². The van der Waals surface area contributed by atoms with Crippen LogP contribution in [0.15, 0.2) is 41.8 Å². The van der Waals surface area contributed by atoms with E-state index in [0.29, 0.717) is 4.90 Å². The zero-order valence-electron chi connectivity index (χ0n) is 12.6. The molecule has 0 atom stereocenters. The van der Waals surface area contributed by atoms with Crippen molar-refractivity contribution in [3.05, 3.63) is 36.9 Å². The van der Waals surface area contributed by atoms with Crippen LogP contribution in [-0.2, 0) is 16.9 Å². The number of benzene rings is 1. The molecule has 0 amide bonds. The Bertz CT molecular complexity index is 743. The van der Waals surface area contributed by atoms with Crippen molar-refractivity contribution in [3.63, 3.8) is 0 Å². The van der Waals surface area contributed by atoms with Gasteiger partial charge in [0.05, 0.1) is 0 Å². The molecule has 0 saturated carbocycles. The second-order valence-electron chi connectivity index (χ2n) is 6.22. The second kappa shape index (κ2) is 5.18. The van der Waals surface area contributed by atoms with E-state index in [2.05, 4.69) is 20.9 Å². The molecule has 0 fully saturated rings. The van der Waals surface area contributed by atoms with Gasteiger partial charge in [0.15, 0.2) is 0 Å². The number of nitrogens with zero attached hydrogens (tertiary/aromatic N) is 2. The first-order chi connectivity index (χ1) is 9.07. The monoisotopic (exact) mass is 401 g/mol. The first-order valence-corrected chi connectivity index (χ1v) is 18.3. The van der Waals surface area contributed by atoms with Gasteiger partial charge in [0.1, 0.15) is 0 Å². The van der Waals surface area contributed by atoms with Crippen LogP contribution in [0, 0.1) is 0 Å². The fourth-order valence-electron chi connectivity index (χ4n) is 1.98. The number of hydrogen-bond donors (Lipinski definition) is 0. The van der Waals surface area contributed by atoms with E-state index in [4.69, 9.17) is 0 Å². The Morgan fingerprint density at radius 3 is 2.25 bits per heavy atom. The SMILES string of the molecule is C[n+]1ccn(-c2cc(S(C)(=O)=O)c[c]([Sn]([CH3])([CH3])[CH3])c2)c1. The van der Waals surface area contributed by atoms with E-state index in [1.807, 2.05) is 41.0 Å². The fraction of sp³-hybridized carbons (Fsp3) is 0.357. The summed E-state index contributed by atoms with van der Waals surface area (Å²) in [6, 6.07) is 5.74. The fourth-order valence-corrected chi connectivity index (χ4v) is 6.29. The minimum atomic E-state index is -3.20. The van der Waals surface area contributed by atoms with Crippen molar-refractivity contribution < 1.29 is 13.0 Å². The zero-order valence-corrected chi connectivity index (χ0v) is 16.3. The summed E-state index contributed by atoms with van der Waals surface area (Å²) < 4.78 is 28.9. The van der Waals surface area contributed by atoms with Gasteiger partial charge in [-0.2, -0.15) is 0 Å². The van der Waals surface area contributed by atoms with Crippen LogP contribution < -0.4 is 8.15 Å². The molecule has 1 aromatic carbocycles. The van der Waals surface area contributed by atoms with Crippen LogP contribution in [0.3, 0.4) is 0 Å². The van der Waals surface area contributed by atoms with Crippen molar-refractivity contribution >= 4 is 31.8 Å². The van der Waals surface area contributed by atoms with Gasteiger partial charge < -0.3 is 0 Å². The topological polar surface area (TPSA) is 43.0 Å². The number of rotatable bonds is 3. The quantitative estimate of drug-likeness (QED) is 0.575. The average Bonchev–Trinajstić information content (AvgIpc) is 2.73. The first-order valence-electron chi connectivity index (χ1n) is 6.46. The molecule has 2 aromatic rings. The summed E-state index contributed by atoms with van der Waals surface area (Å²) in [4.78, 5) is 7.27. The summed E-state index contributed by atoms with van der Waals surface area (Å²) in [6.07, 6.45) is 7.07. The Labute approximate surface area is 124 Å². The van der Waals surface area contributed by atoms with Gasteiger partial charge in [0.2, 0.25) is 0 Å². The van der Waals surface area contributed by atoms with Crippen LogP contribution in [0.5, 0.6) is 0 Å². The number of aryl methyl sites for hydroxylation is 1. The van der Waals surface area contributed by atoms with Gasteiger partial charge in [-0.3, -0.25) is 0 Å². The Hall–Kier alpha value is -0.821. The van der Waals surface area contributed by atoms with Gasteiger partial charge in [-0.05, 0) is 0 Å². The molecule has 0 saturated heterocycles. The average molecular weight is 400 g/mol. The molecule has 4 nitrogen and oxygen atoms in total. The first kappa shape index (κ1) is 15.6. The number of imidazole rings is 1. The molecule has 2 rings (SSSR count). The molecule has 0 spiro atoms. The third kappa shape index (κ3) is 3.44. The van der Waals surface area contributed by atoms with Crippen molar-refractivity contribution in [2.75, 3.05) is 6.26 Å². The van der Waals surface area contributed by atoms with Gasteiger partial charge in [-0.1, -0.05) is 0 Å². The number of hydrogen-bond acceptors (Lipinski definition) is 2. The maximum absolute atomic E-state index is 11.9. The summed E-state index contributed by atoms with van der Waals surface area (Å²) >= 11 is -2.34. The molecule has 20 heavy (non-hydrogen) atoms. The molecule has 6 heteroatoms. The van der Waals surface area contributed by atoms with Crippen LogP contribution in [0.4, 0.5) is 0 Å². The Morgan fingerprint density at radius 1 is 1.15 bits per heavy atom. The normalized spacial score (nSPS) is 12.7. The summed E-state index contributed by atoms with van der Waals surface area (Å²) in [7, 11) is -1.25. The van der Waals surface area contributed by atoms with E-state index >= 15 is 0 Å². The van der Waals surface area contributed by atoms with Crippen LogP contribution >= 0.6 is 0 Å². The van der Waals surface area contributed by atoms with Crippen LogP contribution in [0.25, 0.3) is 5.69 Å².